The summed E-state index contributed by atoms with van der Waals surface area (Å²) in [5, 5.41) is 9.90. The molecule has 1 aromatic heterocycles. The number of aryl methyl sites for hydroxylation is 2. The molecule has 1 heterocycles. The molecular formula is C22H24ClN5O. The molecule has 6 nitrogen and oxygen atoms in total. The molecule has 0 fully saturated rings. The van der Waals surface area contributed by atoms with E-state index in [9.17, 15) is 4.79 Å². The van der Waals surface area contributed by atoms with Crippen molar-refractivity contribution >= 4 is 35.0 Å². The van der Waals surface area contributed by atoms with E-state index < -0.39 is 0 Å². The van der Waals surface area contributed by atoms with Crippen LogP contribution in [-0.2, 0) is 11.2 Å². The average molecular weight is 410 g/mol. The number of carbonyl (C=O) groups is 1. The average Bonchev–Trinajstić information content (AvgIpc) is 2.68. The SMILES string of the molecule is Cc1ccc(Nc2cc(C)nc(NCCNC(=O)Cc3ccccc3Cl)n2)cc1. The lowest BCUT2D eigenvalue weighted by molar-refractivity contribution is -0.120. The summed E-state index contributed by atoms with van der Waals surface area (Å²) in [6.07, 6.45) is 0.255. The van der Waals surface area contributed by atoms with Gasteiger partial charge in [0.2, 0.25) is 11.9 Å². The normalized spacial score (nSPS) is 10.4. The van der Waals surface area contributed by atoms with Gasteiger partial charge in [0, 0.05) is 35.6 Å². The minimum absolute atomic E-state index is 0.0770. The van der Waals surface area contributed by atoms with Crippen LogP contribution in [0.3, 0.4) is 0 Å². The maximum Gasteiger partial charge on any atom is 0.224 e. The quantitative estimate of drug-likeness (QED) is 0.484. The highest BCUT2D eigenvalue weighted by Crippen LogP contribution is 2.17. The highest BCUT2D eigenvalue weighted by Gasteiger charge is 2.07. The molecule has 2 aromatic carbocycles. The van der Waals surface area contributed by atoms with Crippen LogP contribution in [0.5, 0.6) is 0 Å². The van der Waals surface area contributed by atoms with Crippen LogP contribution in [0.15, 0.2) is 54.6 Å². The van der Waals surface area contributed by atoms with E-state index in [4.69, 9.17) is 11.6 Å². The molecule has 0 unspecified atom stereocenters. The van der Waals surface area contributed by atoms with Gasteiger partial charge in [-0.3, -0.25) is 4.79 Å². The van der Waals surface area contributed by atoms with Gasteiger partial charge in [-0.2, -0.15) is 4.98 Å². The maximum atomic E-state index is 12.1. The van der Waals surface area contributed by atoms with Gasteiger partial charge in [0.05, 0.1) is 6.42 Å². The topological polar surface area (TPSA) is 78.9 Å². The second kappa shape index (κ2) is 9.89. The fourth-order valence-corrected chi connectivity index (χ4v) is 2.95. The third kappa shape index (κ3) is 6.47. The van der Waals surface area contributed by atoms with Gasteiger partial charge < -0.3 is 16.0 Å². The van der Waals surface area contributed by atoms with Crippen molar-refractivity contribution in [3.8, 4) is 0 Å². The number of nitrogens with zero attached hydrogens (tertiary/aromatic N) is 2. The molecule has 0 spiro atoms. The molecule has 0 bridgehead atoms. The summed E-state index contributed by atoms with van der Waals surface area (Å²) >= 11 is 6.09. The van der Waals surface area contributed by atoms with Crippen LogP contribution in [0, 0.1) is 13.8 Å². The fourth-order valence-electron chi connectivity index (χ4n) is 2.75. The van der Waals surface area contributed by atoms with Crippen molar-refractivity contribution in [2.75, 3.05) is 23.7 Å². The molecule has 3 aromatic rings. The number of benzene rings is 2. The van der Waals surface area contributed by atoms with Crippen LogP contribution in [0.4, 0.5) is 17.5 Å². The second-order valence-corrected chi connectivity index (χ2v) is 7.16. The fraction of sp³-hybridized carbons (Fsp3) is 0.227. The Balaban J connectivity index is 1.49. The van der Waals surface area contributed by atoms with E-state index in [0.717, 1.165) is 16.9 Å². The number of carbonyl (C=O) groups excluding carboxylic acids is 1. The van der Waals surface area contributed by atoms with E-state index in [-0.39, 0.29) is 12.3 Å². The lowest BCUT2D eigenvalue weighted by atomic mass is 10.1. The molecule has 0 aliphatic carbocycles. The van der Waals surface area contributed by atoms with Gasteiger partial charge >= 0.3 is 0 Å². The van der Waals surface area contributed by atoms with Gasteiger partial charge in [-0.05, 0) is 37.6 Å². The van der Waals surface area contributed by atoms with Gasteiger partial charge in [-0.15, -0.1) is 0 Å². The smallest absolute Gasteiger partial charge is 0.224 e. The number of halogens is 1. The third-order valence-electron chi connectivity index (χ3n) is 4.22. The monoisotopic (exact) mass is 409 g/mol. The van der Waals surface area contributed by atoms with Crippen molar-refractivity contribution in [1.82, 2.24) is 15.3 Å². The Kier molecular flexibility index (Phi) is 7.03. The molecule has 0 aliphatic heterocycles. The van der Waals surface area contributed by atoms with E-state index in [1.54, 1.807) is 6.07 Å². The molecule has 3 N–H and O–H groups in total. The molecule has 0 radical (unpaired) electrons. The number of hydrogen-bond acceptors (Lipinski definition) is 5. The summed E-state index contributed by atoms with van der Waals surface area (Å²) in [4.78, 5) is 20.9. The van der Waals surface area contributed by atoms with E-state index in [1.807, 2.05) is 62.4 Å². The highest BCUT2D eigenvalue weighted by molar-refractivity contribution is 6.31. The lowest BCUT2D eigenvalue weighted by Crippen LogP contribution is -2.30. The Labute approximate surface area is 175 Å². The van der Waals surface area contributed by atoms with Crippen molar-refractivity contribution in [1.29, 1.82) is 0 Å². The molecule has 0 aliphatic rings. The van der Waals surface area contributed by atoms with Crippen LogP contribution in [0.1, 0.15) is 16.8 Å². The van der Waals surface area contributed by atoms with Gasteiger partial charge in [0.25, 0.3) is 0 Å². The van der Waals surface area contributed by atoms with Gasteiger partial charge in [-0.1, -0.05) is 47.5 Å². The third-order valence-corrected chi connectivity index (χ3v) is 4.59. The Morgan fingerprint density at radius 1 is 1.00 bits per heavy atom. The first-order valence-electron chi connectivity index (χ1n) is 9.43. The van der Waals surface area contributed by atoms with Crippen molar-refractivity contribution < 1.29 is 4.79 Å². The van der Waals surface area contributed by atoms with E-state index in [0.29, 0.717) is 29.9 Å². The first-order chi connectivity index (χ1) is 14.0. The minimum atomic E-state index is -0.0770. The first-order valence-corrected chi connectivity index (χ1v) is 9.81. The summed E-state index contributed by atoms with van der Waals surface area (Å²) in [5.74, 6) is 1.15. The van der Waals surface area contributed by atoms with Gasteiger partial charge in [0.1, 0.15) is 5.82 Å². The van der Waals surface area contributed by atoms with Gasteiger partial charge in [-0.25, -0.2) is 4.98 Å². The largest absolute Gasteiger partial charge is 0.354 e. The summed E-state index contributed by atoms with van der Waals surface area (Å²) in [6, 6.07) is 17.3. The van der Waals surface area contributed by atoms with Crippen LogP contribution in [0.25, 0.3) is 0 Å². The molecule has 0 atom stereocenters. The van der Waals surface area contributed by atoms with E-state index in [2.05, 4.69) is 25.9 Å². The van der Waals surface area contributed by atoms with Crippen molar-refractivity contribution in [2.45, 2.75) is 20.3 Å². The Hall–Kier alpha value is -3.12. The predicted octanol–water partition coefficient (Wildman–Crippen LogP) is 4.26. The minimum Gasteiger partial charge on any atom is -0.354 e. The molecule has 0 saturated heterocycles. The summed E-state index contributed by atoms with van der Waals surface area (Å²) in [5.41, 5.74) is 3.83. The molecular weight excluding hydrogens is 386 g/mol. The summed E-state index contributed by atoms with van der Waals surface area (Å²) in [7, 11) is 0. The molecule has 1 amide bonds. The van der Waals surface area contributed by atoms with Crippen molar-refractivity contribution in [2.24, 2.45) is 0 Å². The van der Waals surface area contributed by atoms with Crippen molar-refractivity contribution in [3.63, 3.8) is 0 Å². The first kappa shape index (κ1) is 20.6. The number of aromatic nitrogens is 2. The van der Waals surface area contributed by atoms with Crippen LogP contribution >= 0.6 is 11.6 Å². The van der Waals surface area contributed by atoms with E-state index in [1.165, 1.54) is 5.56 Å². The molecule has 29 heavy (non-hydrogen) atoms. The number of amides is 1. The zero-order chi connectivity index (χ0) is 20.6. The molecule has 3 rings (SSSR count). The molecule has 150 valence electrons. The zero-order valence-electron chi connectivity index (χ0n) is 16.5. The van der Waals surface area contributed by atoms with Gasteiger partial charge in [0.15, 0.2) is 0 Å². The standard InChI is InChI=1S/C22H24ClN5O/c1-15-7-9-18(10-8-15)27-20-13-16(2)26-22(28-20)25-12-11-24-21(29)14-17-5-3-4-6-19(17)23/h3-10,13H,11-12,14H2,1-2H3,(H,24,29)(H2,25,26,27,28). The Morgan fingerprint density at radius 3 is 2.52 bits per heavy atom. The highest BCUT2D eigenvalue weighted by atomic mass is 35.5. The van der Waals surface area contributed by atoms with Crippen LogP contribution in [-0.4, -0.2) is 29.0 Å². The number of anilines is 3. The number of rotatable bonds is 8. The Bertz CT molecular complexity index is 975. The van der Waals surface area contributed by atoms with Crippen LogP contribution < -0.4 is 16.0 Å². The summed E-state index contributed by atoms with van der Waals surface area (Å²) < 4.78 is 0. The second-order valence-electron chi connectivity index (χ2n) is 6.75. The molecule has 0 saturated carbocycles. The predicted molar refractivity (Wildman–Crippen MR) is 118 cm³/mol. The summed E-state index contributed by atoms with van der Waals surface area (Å²) in [6.45, 7) is 4.94. The maximum absolute atomic E-state index is 12.1. The van der Waals surface area contributed by atoms with E-state index >= 15 is 0 Å². The van der Waals surface area contributed by atoms with Crippen molar-refractivity contribution in [3.05, 3.63) is 76.4 Å². The zero-order valence-corrected chi connectivity index (χ0v) is 17.3. The van der Waals surface area contributed by atoms with Crippen LogP contribution in [0.2, 0.25) is 5.02 Å². The lowest BCUT2D eigenvalue weighted by Gasteiger charge is -2.11. The molecule has 7 heteroatoms. The number of nitrogens with one attached hydrogen (secondary N) is 3. The Morgan fingerprint density at radius 2 is 1.76 bits per heavy atom. The number of hydrogen-bond donors (Lipinski definition) is 3.